The van der Waals surface area contributed by atoms with Gasteiger partial charge in [-0.05, 0) is 69.4 Å². The number of allylic oxidation sites excluding steroid dienone is 1. The van der Waals surface area contributed by atoms with Gasteiger partial charge in [0.25, 0.3) is 11.8 Å². The molecule has 0 spiro atoms. The molecule has 0 heterocycles. The number of carbonyl (C=O) groups is 2. The van der Waals surface area contributed by atoms with E-state index < -0.39 is 0 Å². The molecule has 27 heavy (non-hydrogen) atoms. The Kier molecular flexibility index (Phi) is 6.42. The minimum absolute atomic E-state index is 0.142. The number of carbonyl (C=O) groups excluding carboxylic acids is 2. The lowest BCUT2D eigenvalue weighted by Gasteiger charge is -2.13. The Labute approximate surface area is 160 Å². The van der Waals surface area contributed by atoms with Gasteiger partial charge in [-0.15, -0.1) is 0 Å². The number of hydrogen-bond donors (Lipinski definition) is 2. The Morgan fingerprint density at radius 2 is 1.70 bits per heavy atom. The Balaban J connectivity index is 1.57. The highest BCUT2D eigenvalue weighted by Gasteiger charge is 2.11. The molecular formula is C23H26N2O2. The topological polar surface area (TPSA) is 58.2 Å². The Hall–Kier alpha value is -2.88. The maximum Gasteiger partial charge on any atom is 0.255 e. The molecule has 0 saturated heterocycles. The lowest BCUT2D eigenvalue weighted by molar-refractivity contribution is 0.0954. The lowest BCUT2D eigenvalue weighted by atomic mass is 9.97. The minimum Gasteiger partial charge on any atom is -0.352 e. The standard InChI is InChI=1S/C23H26N2O2/c1-17-10-12-21(13-11-17)25-23(27)20-9-5-8-19(16-20)22(26)24-15-14-18-6-3-2-4-7-18/h5-6,8-13,16H,2-4,7,14-15H2,1H3,(H,24,26)(H,25,27). The van der Waals surface area contributed by atoms with E-state index in [1.54, 1.807) is 24.3 Å². The van der Waals surface area contributed by atoms with E-state index in [0.717, 1.165) is 30.5 Å². The van der Waals surface area contributed by atoms with Gasteiger partial charge in [0.1, 0.15) is 0 Å². The first-order valence-electron chi connectivity index (χ1n) is 9.56. The Morgan fingerprint density at radius 3 is 2.41 bits per heavy atom. The molecule has 0 saturated carbocycles. The molecule has 0 radical (unpaired) electrons. The maximum absolute atomic E-state index is 12.4. The lowest BCUT2D eigenvalue weighted by Crippen LogP contribution is -2.25. The van der Waals surface area contributed by atoms with Crippen molar-refractivity contribution in [1.82, 2.24) is 5.32 Å². The number of nitrogens with one attached hydrogen (secondary N) is 2. The third kappa shape index (κ3) is 5.55. The van der Waals surface area contributed by atoms with Crippen LogP contribution in [0.25, 0.3) is 0 Å². The third-order valence-corrected chi connectivity index (χ3v) is 4.81. The monoisotopic (exact) mass is 362 g/mol. The van der Waals surface area contributed by atoms with Gasteiger partial charge in [0, 0.05) is 23.4 Å². The second-order valence-electron chi connectivity index (χ2n) is 7.02. The van der Waals surface area contributed by atoms with Crippen LogP contribution in [0, 0.1) is 6.92 Å². The number of anilines is 1. The maximum atomic E-state index is 12.4. The van der Waals surface area contributed by atoms with Crippen LogP contribution in [0.2, 0.25) is 0 Å². The largest absolute Gasteiger partial charge is 0.352 e. The molecule has 2 amide bonds. The molecule has 0 aromatic heterocycles. The quantitative estimate of drug-likeness (QED) is 0.721. The fourth-order valence-corrected chi connectivity index (χ4v) is 3.21. The van der Waals surface area contributed by atoms with Gasteiger partial charge in [0.2, 0.25) is 0 Å². The van der Waals surface area contributed by atoms with Crippen LogP contribution in [-0.2, 0) is 0 Å². The third-order valence-electron chi connectivity index (χ3n) is 4.81. The normalized spacial score (nSPS) is 13.6. The smallest absolute Gasteiger partial charge is 0.255 e. The first-order valence-corrected chi connectivity index (χ1v) is 9.56. The van der Waals surface area contributed by atoms with Crippen molar-refractivity contribution >= 4 is 17.5 Å². The molecule has 2 aromatic rings. The van der Waals surface area contributed by atoms with E-state index in [-0.39, 0.29) is 11.8 Å². The van der Waals surface area contributed by atoms with E-state index in [4.69, 9.17) is 0 Å². The average molecular weight is 362 g/mol. The molecule has 0 unspecified atom stereocenters. The number of benzene rings is 2. The van der Waals surface area contributed by atoms with Crippen LogP contribution in [0.3, 0.4) is 0 Å². The van der Waals surface area contributed by atoms with Crippen LogP contribution < -0.4 is 10.6 Å². The molecule has 2 aromatic carbocycles. The summed E-state index contributed by atoms with van der Waals surface area (Å²) < 4.78 is 0. The van der Waals surface area contributed by atoms with Crippen molar-refractivity contribution in [2.45, 2.75) is 39.0 Å². The molecule has 2 N–H and O–H groups in total. The van der Waals surface area contributed by atoms with Gasteiger partial charge in [-0.25, -0.2) is 0 Å². The molecule has 0 bridgehead atoms. The minimum atomic E-state index is -0.221. The summed E-state index contributed by atoms with van der Waals surface area (Å²) in [5.74, 6) is -0.364. The summed E-state index contributed by atoms with van der Waals surface area (Å²) in [6, 6.07) is 14.4. The molecule has 140 valence electrons. The van der Waals surface area contributed by atoms with Crippen molar-refractivity contribution in [2.75, 3.05) is 11.9 Å². The van der Waals surface area contributed by atoms with E-state index in [2.05, 4.69) is 16.7 Å². The van der Waals surface area contributed by atoms with E-state index in [0.29, 0.717) is 17.7 Å². The van der Waals surface area contributed by atoms with Crippen LogP contribution in [0.5, 0.6) is 0 Å². The molecule has 4 heteroatoms. The van der Waals surface area contributed by atoms with E-state index in [1.165, 1.54) is 18.4 Å². The molecule has 4 nitrogen and oxygen atoms in total. The zero-order chi connectivity index (χ0) is 19.1. The van der Waals surface area contributed by atoms with E-state index >= 15 is 0 Å². The van der Waals surface area contributed by atoms with E-state index in [1.807, 2.05) is 31.2 Å². The van der Waals surface area contributed by atoms with Crippen molar-refractivity contribution in [2.24, 2.45) is 0 Å². The molecular weight excluding hydrogens is 336 g/mol. The van der Waals surface area contributed by atoms with Crippen molar-refractivity contribution < 1.29 is 9.59 Å². The zero-order valence-electron chi connectivity index (χ0n) is 15.8. The molecule has 1 aliphatic rings. The number of amides is 2. The fourth-order valence-electron chi connectivity index (χ4n) is 3.21. The van der Waals surface area contributed by atoms with Gasteiger partial charge in [0.05, 0.1) is 0 Å². The highest BCUT2D eigenvalue weighted by Crippen LogP contribution is 2.19. The van der Waals surface area contributed by atoms with Gasteiger partial charge < -0.3 is 10.6 Å². The van der Waals surface area contributed by atoms with Gasteiger partial charge >= 0.3 is 0 Å². The highest BCUT2D eigenvalue weighted by atomic mass is 16.2. The van der Waals surface area contributed by atoms with Crippen molar-refractivity contribution in [1.29, 1.82) is 0 Å². The van der Waals surface area contributed by atoms with Crippen LogP contribution >= 0.6 is 0 Å². The zero-order valence-corrected chi connectivity index (χ0v) is 15.8. The first kappa shape index (κ1) is 18.9. The van der Waals surface area contributed by atoms with Gasteiger partial charge in [0.15, 0.2) is 0 Å². The molecule has 1 aliphatic carbocycles. The van der Waals surface area contributed by atoms with Crippen molar-refractivity contribution in [3.8, 4) is 0 Å². The fraction of sp³-hybridized carbons (Fsp3) is 0.304. The molecule has 3 rings (SSSR count). The summed E-state index contributed by atoms with van der Waals surface area (Å²) in [6.07, 6.45) is 8.02. The summed E-state index contributed by atoms with van der Waals surface area (Å²) in [7, 11) is 0. The van der Waals surface area contributed by atoms with E-state index in [9.17, 15) is 9.59 Å². The predicted octanol–water partition coefficient (Wildman–Crippen LogP) is 4.87. The molecule has 0 fully saturated rings. The summed E-state index contributed by atoms with van der Waals surface area (Å²) >= 11 is 0. The van der Waals surface area contributed by atoms with Crippen molar-refractivity contribution in [3.05, 3.63) is 76.9 Å². The first-order chi connectivity index (χ1) is 13.1. The van der Waals surface area contributed by atoms with Gasteiger partial charge in [-0.3, -0.25) is 9.59 Å². The van der Waals surface area contributed by atoms with Crippen LogP contribution in [0.4, 0.5) is 5.69 Å². The second-order valence-corrected chi connectivity index (χ2v) is 7.02. The second kappa shape index (κ2) is 9.17. The highest BCUT2D eigenvalue weighted by molar-refractivity contribution is 6.06. The summed E-state index contributed by atoms with van der Waals surface area (Å²) in [4.78, 5) is 24.8. The van der Waals surface area contributed by atoms with Crippen molar-refractivity contribution in [3.63, 3.8) is 0 Å². The van der Waals surface area contributed by atoms with Gasteiger partial charge in [-0.2, -0.15) is 0 Å². The Morgan fingerprint density at radius 1 is 0.963 bits per heavy atom. The molecule has 0 atom stereocenters. The summed E-state index contributed by atoms with van der Waals surface area (Å²) in [6.45, 7) is 2.63. The number of rotatable bonds is 6. The van der Waals surface area contributed by atoms with Gasteiger partial charge in [-0.1, -0.05) is 35.4 Å². The Bertz CT molecular complexity index is 838. The average Bonchev–Trinajstić information content (AvgIpc) is 2.70. The SMILES string of the molecule is Cc1ccc(NC(=O)c2cccc(C(=O)NCCC3=CCCCC3)c2)cc1. The van der Waals surface area contributed by atoms with Crippen LogP contribution in [0.1, 0.15) is 58.4 Å². The van der Waals surface area contributed by atoms with Crippen LogP contribution in [0.15, 0.2) is 60.2 Å². The van der Waals surface area contributed by atoms with Crippen LogP contribution in [-0.4, -0.2) is 18.4 Å². The number of aryl methyl sites for hydroxylation is 1. The number of hydrogen-bond acceptors (Lipinski definition) is 2. The predicted molar refractivity (Wildman–Crippen MR) is 109 cm³/mol. The molecule has 0 aliphatic heterocycles. The summed E-state index contributed by atoms with van der Waals surface area (Å²) in [5, 5.41) is 5.82. The summed E-state index contributed by atoms with van der Waals surface area (Å²) in [5.41, 5.74) is 4.28.